The molecule has 18 heavy (non-hydrogen) atoms. The summed E-state index contributed by atoms with van der Waals surface area (Å²) in [6.45, 7) is 3.29. The minimum Gasteiger partial charge on any atom is -0.480 e. The molecular formula is C11H19N3O4. The van der Waals surface area contributed by atoms with Crippen molar-refractivity contribution in [2.24, 2.45) is 0 Å². The SMILES string of the molecule is CCCc1nc(CN(CCOC)CC(=O)O)no1. The van der Waals surface area contributed by atoms with Gasteiger partial charge in [-0.2, -0.15) is 4.98 Å². The first kappa shape index (κ1) is 14.6. The summed E-state index contributed by atoms with van der Waals surface area (Å²) in [5, 5.41) is 12.6. The molecule has 0 aliphatic carbocycles. The maximum atomic E-state index is 10.7. The molecule has 1 aromatic rings. The van der Waals surface area contributed by atoms with Crippen molar-refractivity contribution in [1.29, 1.82) is 0 Å². The van der Waals surface area contributed by atoms with E-state index in [1.807, 2.05) is 6.92 Å². The van der Waals surface area contributed by atoms with Crippen LogP contribution < -0.4 is 0 Å². The van der Waals surface area contributed by atoms with E-state index in [0.29, 0.717) is 31.4 Å². The lowest BCUT2D eigenvalue weighted by molar-refractivity contribution is -0.138. The Morgan fingerprint density at radius 1 is 1.56 bits per heavy atom. The number of ether oxygens (including phenoxy) is 1. The van der Waals surface area contributed by atoms with E-state index in [4.69, 9.17) is 14.4 Å². The fourth-order valence-electron chi connectivity index (χ4n) is 1.50. The van der Waals surface area contributed by atoms with Gasteiger partial charge in [0.05, 0.1) is 19.7 Å². The first-order valence-corrected chi connectivity index (χ1v) is 5.90. The number of aryl methyl sites for hydroxylation is 1. The summed E-state index contributed by atoms with van der Waals surface area (Å²) >= 11 is 0. The molecule has 0 amide bonds. The first-order chi connectivity index (χ1) is 8.65. The smallest absolute Gasteiger partial charge is 0.317 e. The summed E-state index contributed by atoms with van der Waals surface area (Å²) in [4.78, 5) is 16.6. The largest absolute Gasteiger partial charge is 0.480 e. The Balaban J connectivity index is 2.54. The lowest BCUT2D eigenvalue weighted by atomic mass is 10.3. The average Bonchev–Trinajstić information content (AvgIpc) is 2.73. The Kier molecular flexibility index (Phi) is 6.31. The van der Waals surface area contributed by atoms with E-state index in [1.54, 1.807) is 12.0 Å². The molecule has 1 aromatic heterocycles. The summed E-state index contributed by atoms with van der Waals surface area (Å²) in [6, 6.07) is 0. The third-order valence-corrected chi connectivity index (χ3v) is 2.31. The number of rotatable bonds is 9. The van der Waals surface area contributed by atoms with Crippen LogP contribution in [-0.2, 0) is 22.5 Å². The number of carboxylic acid groups (broad SMARTS) is 1. The third kappa shape index (κ3) is 5.24. The molecule has 7 heteroatoms. The van der Waals surface area contributed by atoms with E-state index < -0.39 is 5.97 Å². The second kappa shape index (κ2) is 7.78. The molecule has 102 valence electrons. The molecule has 1 heterocycles. The zero-order valence-electron chi connectivity index (χ0n) is 10.8. The Labute approximate surface area is 106 Å². The molecule has 0 spiro atoms. The molecule has 0 atom stereocenters. The van der Waals surface area contributed by atoms with E-state index in [0.717, 1.165) is 12.8 Å². The molecule has 7 nitrogen and oxygen atoms in total. The fraction of sp³-hybridized carbons (Fsp3) is 0.727. The van der Waals surface area contributed by atoms with Gasteiger partial charge in [-0.15, -0.1) is 0 Å². The molecular weight excluding hydrogens is 238 g/mol. The first-order valence-electron chi connectivity index (χ1n) is 5.90. The highest BCUT2D eigenvalue weighted by molar-refractivity contribution is 5.69. The molecule has 0 saturated carbocycles. The number of methoxy groups -OCH3 is 1. The maximum Gasteiger partial charge on any atom is 0.317 e. The van der Waals surface area contributed by atoms with Crippen molar-refractivity contribution in [3.8, 4) is 0 Å². The predicted molar refractivity (Wildman–Crippen MR) is 63.1 cm³/mol. The van der Waals surface area contributed by atoms with E-state index >= 15 is 0 Å². The highest BCUT2D eigenvalue weighted by Crippen LogP contribution is 2.04. The van der Waals surface area contributed by atoms with Gasteiger partial charge < -0.3 is 14.4 Å². The van der Waals surface area contributed by atoms with E-state index in [1.165, 1.54) is 0 Å². The van der Waals surface area contributed by atoms with E-state index in [2.05, 4.69) is 10.1 Å². The second-order valence-corrected chi connectivity index (χ2v) is 3.95. The number of hydrogen-bond acceptors (Lipinski definition) is 6. The van der Waals surface area contributed by atoms with Crippen molar-refractivity contribution in [2.45, 2.75) is 26.3 Å². The Hall–Kier alpha value is -1.47. The van der Waals surface area contributed by atoms with Gasteiger partial charge >= 0.3 is 5.97 Å². The molecule has 0 radical (unpaired) electrons. The second-order valence-electron chi connectivity index (χ2n) is 3.95. The molecule has 0 aliphatic rings. The molecule has 0 aliphatic heterocycles. The van der Waals surface area contributed by atoms with Crippen LogP contribution in [0.2, 0.25) is 0 Å². The van der Waals surface area contributed by atoms with Crippen LogP contribution in [0, 0.1) is 0 Å². The number of aromatic nitrogens is 2. The minimum atomic E-state index is -0.886. The van der Waals surface area contributed by atoms with E-state index in [9.17, 15) is 4.79 Å². The molecule has 0 saturated heterocycles. The van der Waals surface area contributed by atoms with Crippen molar-refractivity contribution in [3.63, 3.8) is 0 Å². The molecule has 1 rings (SSSR count). The number of nitrogens with zero attached hydrogens (tertiary/aromatic N) is 3. The van der Waals surface area contributed by atoms with Crippen LogP contribution in [0.4, 0.5) is 0 Å². The molecule has 0 bridgehead atoms. The van der Waals surface area contributed by atoms with Crippen LogP contribution in [0.15, 0.2) is 4.52 Å². The molecule has 0 aromatic carbocycles. The number of carbonyl (C=O) groups is 1. The van der Waals surface area contributed by atoms with Crippen LogP contribution in [-0.4, -0.2) is 52.9 Å². The lowest BCUT2D eigenvalue weighted by Crippen LogP contribution is -2.32. The van der Waals surface area contributed by atoms with Gasteiger partial charge in [-0.25, -0.2) is 0 Å². The number of aliphatic carboxylic acids is 1. The fourth-order valence-corrected chi connectivity index (χ4v) is 1.50. The minimum absolute atomic E-state index is 0.0684. The number of carboxylic acids is 1. The van der Waals surface area contributed by atoms with Gasteiger partial charge in [0, 0.05) is 20.1 Å². The molecule has 0 fully saturated rings. The summed E-state index contributed by atoms with van der Waals surface area (Å²) < 4.78 is 9.99. The Bertz CT molecular complexity index is 367. The van der Waals surface area contributed by atoms with Crippen LogP contribution in [0.5, 0.6) is 0 Å². The van der Waals surface area contributed by atoms with Gasteiger partial charge in [-0.3, -0.25) is 9.69 Å². The standard InChI is InChI=1S/C11H19N3O4/c1-3-4-10-12-9(13-18-10)7-14(5-6-17-2)8-11(15)16/h3-8H2,1-2H3,(H,15,16). The van der Waals surface area contributed by atoms with E-state index in [-0.39, 0.29) is 6.54 Å². The predicted octanol–water partition coefficient (Wildman–Crippen LogP) is 0.555. The quantitative estimate of drug-likeness (QED) is 0.691. The van der Waals surface area contributed by atoms with Crippen molar-refractivity contribution in [3.05, 3.63) is 11.7 Å². The van der Waals surface area contributed by atoms with Gasteiger partial charge in [0.1, 0.15) is 0 Å². The average molecular weight is 257 g/mol. The van der Waals surface area contributed by atoms with Crippen LogP contribution in [0.3, 0.4) is 0 Å². The maximum absolute atomic E-state index is 10.7. The van der Waals surface area contributed by atoms with Gasteiger partial charge in [-0.05, 0) is 6.42 Å². The lowest BCUT2D eigenvalue weighted by Gasteiger charge is -2.17. The monoisotopic (exact) mass is 257 g/mol. The van der Waals surface area contributed by atoms with Gasteiger partial charge in [0.2, 0.25) is 5.89 Å². The van der Waals surface area contributed by atoms with Crippen molar-refractivity contribution in [2.75, 3.05) is 26.8 Å². The third-order valence-electron chi connectivity index (χ3n) is 2.31. The van der Waals surface area contributed by atoms with Crippen molar-refractivity contribution in [1.82, 2.24) is 15.0 Å². The highest BCUT2D eigenvalue weighted by atomic mass is 16.5. The zero-order valence-corrected chi connectivity index (χ0v) is 10.8. The van der Waals surface area contributed by atoms with Gasteiger partial charge in [0.25, 0.3) is 0 Å². The van der Waals surface area contributed by atoms with Crippen molar-refractivity contribution < 1.29 is 19.2 Å². The Morgan fingerprint density at radius 3 is 2.94 bits per heavy atom. The summed E-state index contributed by atoms with van der Waals surface area (Å²) in [7, 11) is 1.58. The van der Waals surface area contributed by atoms with Gasteiger partial charge in [0.15, 0.2) is 5.82 Å². The highest BCUT2D eigenvalue weighted by Gasteiger charge is 2.14. The zero-order chi connectivity index (χ0) is 13.4. The summed E-state index contributed by atoms with van der Waals surface area (Å²) in [5.74, 6) is 0.216. The van der Waals surface area contributed by atoms with Crippen LogP contribution >= 0.6 is 0 Å². The van der Waals surface area contributed by atoms with Crippen LogP contribution in [0.25, 0.3) is 0 Å². The normalized spacial score (nSPS) is 11.1. The van der Waals surface area contributed by atoms with Crippen molar-refractivity contribution >= 4 is 5.97 Å². The number of hydrogen-bond donors (Lipinski definition) is 1. The molecule has 1 N–H and O–H groups in total. The Morgan fingerprint density at radius 2 is 2.33 bits per heavy atom. The topological polar surface area (TPSA) is 88.7 Å². The summed E-state index contributed by atoms with van der Waals surface area (Å²) in [6.07, 6.45) is 1.67. The van der Waals surface area contributed by atoms with Crippen LogP contribution in [0.1, 0.15) is 25.1 Å². The summed E-state index contributed by atoms with van der Waals surface area (Å²) in [5.41, 5.74) is 0. The molecule has 0 unspecified atom stereocenters. The van der Waals surface area contributed by atoms with Gasteiger partial charge in [-0.1, -0.05) is 12.1 Å².